The van der Waals surface area contributed by atoms with Gasteiger partial charge in [-0.3, -0.25) is 0 Å². The zero-order chi connectivity index (χ0) is 37.1. The summed E-state index contributed by atoms with van der Waals surface area (Å²) >= 11 is 0. The smallest absolute Gasteiger partial charge is 0.164 e. The Hall–Kier alpha value is -7.43. The molecular weight excluding hydrogens is 683 g/mol. The average Bonchev–Trinajstić information content (AvgIpc) is 3.81. The van der Waals surface area contributed by atoms with Crippen LogP contribution in [0.3, 0.4) is 0 Å². The molecule has 0 aliphatic heterocycles. The fraction of sp³-hybridized carbons (Fsp3) is 0.0192. The van der Waals surface area contributed by atoms with Crippen molar-refractivity contribution in [3.8, 4) is 56.4 Å². The highest BCUT2D eigenvalue weighted by molar-refractivity contribution is 6.12. The van der Waals surface area contributed by atoms with Crippen molar-refractivity contribution < 1.29 is 4.42 Å². The van der Waals surface area contributed by atoms with Crippen LogP contribution in [0.2, 0.25) is 0 Å². The van der Waals surface area contributed by atoms with Crippen LogP contribution < -0.4 is 0 Å². The number of nitrogens with zero attached hydrogens (tertiary/aromatic N) is 3. The van der Waals surface area contributed by atoms with Crippen LogP contribution in [0, 0.1) is 0 Å². The van der Waals surface area contributed by atoms with E-state index in [0.29, 0.717) is 17.5 Å². The lowest BCUT2D eigenvalue weighted by atomic mass is 9.67. The molecule has 56 heavy (non-hydrogen) atoms. The molecular formula is C52H33N3O. The van der Waals surface area contributed by atoms with Gasteiger partial charge in [0.15, 0.2) is 17.5 Å². The molecule has 2 aromatic heterocycles. The normalized spacial score (nSPS) is 12.8. The van der Waals surface area contributed by atoms with Crippen LogP contribution in [-0.4, -0.2) is 15.0 Å². The molecule has 0 saturated heterocycles. The molecule has 2 heterocycles. The minimum absolute atomic E-state index is 0.483. The fourth-order valence-corrected chi connectivity index (χ4v) is 8.75. The quantitative estimate of drug-likeness (QED) is 0.172. The van der Waals surface area contributed by atoms with E-state index in [4.69, 9.17) is 19.4 Å². The topological polar surface area (TPSA) is 51.8 Å². The number of furan rings is 1. The highest BCUT2D eigenvalue weighted by Gasteiger charge is 2.45. The van der Waals surface area contributed by atoms with Crippen molar-refractivity contribution in [2.45, 2.75) is 5.41 Å². The van der Waals surface area contributed by atoms with Crippen molar-refractivity contribution in [3.05, 3.63) is 222 Å². The largest absolute Gasteiger partial charge is 0.456 e. The SMILES string of the molecule is c1ccc(-c2ccc3oc4cccc(-c5nc(-c6ccccc6)nc(-c6ccc(C7(c8ccccc8)c8ccccc8-c8ccccc87)cc6)n5)c4c3c2)cc1. The molecule has 4 nitrogen and oxygen atoms in total. The number of fused-ring (bicyclic) bond motifs is 6. The molecule has 8 aromatic carbocycles. The van der Waals surface area contributed by atoms with Gasteiger partial charge in [-0.2, -0.15) is 0 Å². The third-order valence-electron chi connectivity index (χ3n) is 11.2. The lowest BCUT2D eigenvalue weighted by molar-refractivity contribution is 0.669. The van der Waals surface area contributed by atoms with E-state index in [-0.39, 0.29) is 0 Å². The Morgan fingerprint density at radius 2 is 0.839 bits per heavy atom. The molecule has 1 aliphatic rings. The van der Waals surface area contributed by atoms with Crippen molar-refractivity contribution >= 4 is 21.9 Å². The molecule has 0 spiro atoms. The molecule has 0 saturated carbocycles. The van der Waals surface area contributed by atoms with Gasteiger partial charge in [0, 0.05) is 27.5 Å². The van der Waals surface area contributed by atoms with Gasteiger partial charge in [-0.25, -0.2) is 15.0 Å². The Kier molecular flexibility index (Phi) is 7.36. The minimum atomic E-state index is -0.483. The maximum atomic E-state index is 6.42. The summed E-state index contributed by atoms with van der Waals surface area (Å²) in [4.78, 5) is 15.5. The van der Waals surface area contributed by atoms with Crippen molar-refractivity contribution in [1.29, 1.82) is 0 Å². The van der Waals surface area contributed by atoms with Gasteiger partial charge in [-0.1, -0.05) is 182 Å². The standard InChI is InChI=1S/C52H33N3O/c1-4-15-34(16-5-1)37-29-32-46-43(33-37)48-42(23-14-26-47(48)56-46)51-54-49(35-17-6-2-7-18-35)53-50(55-51)36-27-30-39(31-28-36)52(38-19-8-3-9-20-38)44-24-12-10-21-40(44)41-22-11-13-25-45(41)52/h1-33H. The Labute approximate surface area is 324 Å². The van der Waals surface area contributed by atoms with Gasteiger partial charge in [-0.15, -0.1) is 0 Å². The molecule has 1 aliphatic carbocycles. The second-order valence-electron chi connectivity index (χ2n) is 14.3. The highest BCUT2D eigenvalue weighted by Crippen LogP contribution is 2.56. The highest BCUT2D eigenvalue weighted by atomic mass is 16.3. The van der Waals surface area contributed by atoms with Gasteiger partial charge in [0.1, 0.15) is 11.2 Å². The lowest BCUT2D eigenvalue weighted by Gasteiger charge is -2.34. The number of aromatic nitrogens is 3. The van der Waals surface area contributed by atoms with Gasteiger partial charge in [-0.05, 0) is 62.7 Å². The third-order valence-corrected chi connectivity index (χ3v) is 11.2. The van der Waals surface area contributed by atoms with Gasteiger partial charge in [0.2, 0.25) is 0 Å². The maximum Gasteiger partial charge on any atom is 0.164 e. The summed E-state index contributed by atoms with van der Waals surface area (Å²) in [7, 11) is 0. The maximum absolute atomic E-state index is 6.42. The van der Waals surface area contributed by atoms with E-state index in [1.54, 1.807) is 0 Å². The summed E-state index contributed by atoms with van der Waals surface area (Å²) in [5.41, 5.74) is 13.6. The molecule has 0 atom stereocenters. The van der Waals surface area contributed by atoms with Crippen LogP contribution in [0.25, 0.3) is 78.4 Å². The summed E-state index contributed by atoms with van der Waals surface area (Å²) in [6.07, 6.45) is 0. The Bertz CT molecular complexity index is 3020. The first kappa shape index (κ1) is 32.0. The van der Waals surface area contributed by atoms with Crippen LogP contribution in [0.1, 0.15) is 22.3 Å². The molecule has 0 radical (unpaired) electrons. The van der Waals surface area contributed by atoms with Crippen molar-refractivity contribution in [2.24, 2.45) is 0 Å². The summed E-state index contributed by atoms with van der Waals surface area (Å²) in [5, 5.41) is 2.00. The van der Waals surface area contributed by atoms with E-state index in [9.17, 15) is 0 Å². The van der Waals surface area contributed by atoms with Crippen LogP contribution in [0.4, 0.5) is 0 Å². The van der Waals surface area contributed by atoms with Crippen molar-refractivity contribution in [1.82, 2.24) is 15.0 Å². The summed E-state index contributed by atoms with van der Waals surface area (Å²) in [6, 6.07) is 70.4. The Morgan fingerprint density at radius 3 is 1.50 bits per heavy atom. The summed E-state index contributed by atoms with van der Waals surface area (Å²) in [6.45, 7) is 0. The van der Waals surface area contributed by atoms with Gasteiger partial charge in [0.05, 0.1) is 5.41 Å². The molecule has 0 N–H and O–H groups in total. The first-order chi connectivity index (χ1) is 27.8. The van der Waals surface area contributed by atoms with Gasteiger partial charge >= 0.3 is 0 Å². The molecule has 0 unspecified atom stereocenters. The van der Waals surface area contributed by atoms with E-state index in [2.05, 4.69) is 152 Å². The Balaban J connectivity index is 1.10. The first-order valence-corrected chi connectivity index (χ1v) is 18.9. The zero-order valence-electron chi connectivity index (χ0n) is 30.3. The van der Waals surface area contributed by atoms with E-state index >= 15 is 0 Å². The fourth-order valence-electron chi connectivity index (χ4n) is 8.75. The van der Waals surface area contributed by atoms with Gasteiger partial charge < -0.3 is 4.42 Å². The van der Waals surface area contributed by atoms with Crippen LogP contribution in [0.5, 0.6) is 0 Å². The van der Waals surface area contributed by atoms with Crippen molar-refractivity contribution in [2.75, 3.05) is 0 Å². The summed E-state index contributed by atoms with van der Waals surface area (Å²) < 4.78 is 6.42. The molecule has 11 rings (SSSR count). The van der Waals surface area contributed by atoms with Gasteiger partial charge in [0.25, 0.3) is 0 Å². The van der Waals surface area contributed by atoms with Crippen LogP contribution in [-0.2, 0) is 5.41 Å². The number of hydrogen-bond acceptors (Lipinski definition) is 4. The van der Waals surface area contributed by atoms with E-state index in [1.807, 2.05) is 48.5 Å². The van der Waals surface area contributed by atoms with Crippen molar-refractivity contribution in [3.63, 3.8) is 0 Å². The second-order valence-corrected chi connectivity index (χ2v) is 14.3. The second kappa shape index (κ2) is 12.9. The molecule has 4 heteroatoms. The molecule has 0 fully saturated rings. The predicted molar refractivity (Wildman–Crippen MR) is 226 cm³/mol. The molecule has 0 bridgehead atoms. The third kappa shape index (κ3) is 4.96. The number of hydrogen-bond donors (Lipinski definition) is 0. The van der Waals surface area contributed by atoms with E-state index in [0.717, 1.165) is 49.8 Å². The number of benzene rings is 8. The average molecular weight is 716 g/mol. The molecule has 10 aromatic rings. The van der Waals surface area contributed by atoms with E-state index < -0.39 is 5.41 Å². The van der Waals surface area contributed by atoms with Crippen LogP contribution in [0.15, 0.2) is 205 Å². The summed E-state index contributed by atoms with van der Waals surface area (Å²) in [5.74, 6) is 1.82. The van der Waals surface area contributed by atoms with Crippen LogP contribution >= 0.6 is 0 Å². The molecule has 262 valence electrons. The zero-order valence-corrected chi connectivity index (χ0v) is 30.3. The lowest BCUT2D eigenvalue weighted by Crippen LogP contribution is -2.28. The number of rotatable bonds is 6. The van der Waals surface area contributed by atoms with E-state index in [1.165, 1.54) is 33.4 Å². The monoisotopic (exact) mass is 715 g/mol. The predicted octanol–water partition coefficient (Wildman–Crippen LogP) is 12.8. The first-order valence-electron chi connectivity index (χ1n) is 18.9. The Morgan fingerprint density at radius 1 is 0.339 bits per heavy atom. The minimum Gasteiger partial charge on any atom is -0.456 e. The molecule has 0 amide bonds.